The summed E-state index contributed by atoms with van der Waals surface area (Å²) >= 11 is 7.44. The molecule has 0 aliphatic heterocycles. The van der Waals surface area contributed by atoms with Gasteiger partial charge in [0.15, 0.2) is 24.8 Å². The van der Waals surface area contributed by atoms with Gasteiger partial charge in [-0.25, -0.2) is 0 Å². The van der Waals surface area contributed by atoms with Gasteiger partial charge in [0.05, 0.1) is 18.8 Å². The van der Waals surface area contributed by atoms with Crippen LogP contribution in [0.2, 0.25) is 0 Å². The van der Waals surface area contributed by atoms with Crippen molar-refractivity contribution in [2.24, 2.45) is 33.6 Å². The van der Waals surface area contributed by atoms with E-state index in [1.54, 1.807) is 12.1 Å². The van der Waals surface area contributed by atoms with Crippen molar-refractivity contribution in [3.8, 4) is 45.0 Å². The Balaban J connectivity index is 0.000000108. The molecule has 0 atom stereocenters. The van der Waals surface area contributed by atoms with E-state index in [2.05, 4.69) is 338 Å². The topological polar surface area (TPSA) is 15.5 Å². The minimum Gasteiger partial charge on any atom is -0.200 e. The SMILES string of the molecule is Cc1ccc2cc3c(cc2c1)sc1c[n+](C)c(-c2ccccc2C)cc13.[2H]C([2H])([2H])c1ccc(-c2cc3c(c[n+]2C)sc2cc4cc(C)ccc4cc23)c(C)c1.[2H]C1(c2ccc3cc4c(cc3c2)sc2c[n+](C)c(-c3ccccc3C)cc24)CCC(C)(C)CC1.[2H]C1(c2ccc3cc4c(cc3c2)sc2c[n+](C)c(-c3ccccc3C)cc24)CCCCC1. The molecule has 0 radical (unpaired) electrons. The molecule has 2 aliphatic carbocycles. The molecule has 0 spiro atoms. The number of thiophene rings is 4. The summed E-state index contributed by atoms with van der Waals surface area (Å²) < 4.78 is 60.7. The molecule has 2 aliphatic rings. The van der Waals surface area contributed by atoms with Crippen molar-refractivity contribution in [2.75, 3.05) is 0 Å². The molecule has 0 N–H and O–H groups in total. The second-order valence-electron chi connectivity index (χ2n) is 34.2. The van der Waals surface area contributed by atoms with E-state index >= 15 is 0 Å². The van der Waals surface area contributed by atoms with Crippen molar-refractivity contribution in [1.29, 1.82) is 0 Å². The second-order valence-corrected chi connectivity index (χ2v) is 38.6. The van der Waals surface area contributed by atoms with Crippen LogP contribution in [-0.4, -0.2) is 0 Å². The van der Waals surface area contributed by atoms with E-state index in [0.717, 1.165) is 55.3 Å². The average molecular weight is 1600 g/mol. The fourth-order valence-electron chi connectivity index (χ4n) is 18.5. The number of hydrogen-bond acceptors (Lipinski definition) is 4. The highest BCUT2D eigenvalue weighted by Gasteiger charge is 2.29. The first kappa shape index (κ1) is 70.4. The van der Waals surface area contributed by atoms with E-state index in [4.69, 9.17) is 5.48 Å². The predicted octanol–water partition coefficient (Wildman–Crippen LogP) is 29.7. The summed E-state index contributed by atoms with van der Waals surface area (Å²) in [6.07, 6.45) is 18.8. The van der Waals surface area contributed by atoms with Gasteiger partial charge in [-0.1, -0.05) is 189 Å². The minimum absolute atomic E-state index is 0.373. The molecule has 2 fully saturated rings. The molecular formula is C109H102N4S4+4. The molecule has 20 aromatic rings. The lowest BCUT2D eigenvalue weighted by Gasteiger charge is -2.34. The molecule has 12 aromatic carbocycles. The molecule has 0 bridgehead atoms. The van der Waals surface area contributed by atoms with Crippen LogP contribution in [0.3, 0.4) is 0 Å². The first-order chi connectivity index (χ1) is 58.5. The molecule has 578 valence electrons. The maximum Gasteiger partial charge on any atom is 0.213 e. The first-order valence-corrected chi connectivity index (χ1v) is 44.7. The van der Waals surface area contributed by atoms with Gasteiger partial charge in [-0.05, 0) is 253 Å². The summed E-state index contributed by atoms with van der Waals surface area (Å²) in [7, 11) is 8.49. The highest BCUT2D eigenvalue weighted by Crippen LogP contribution is 2.47. The fourth-order valence-corrected chi connectivity index (χ4v) is 23.3. The van der Waals surface area contributed by atoms with Gasteiger partial charge in [-0.15, -0.1) is 45.3 Å². The number of benzene rings is 12. The number of fused-ring (bicyclic) bond motifs is 16. The number of hydrogen-bond donors (Lipinski definition) is 0. The zero-order valence-electron chi connectivity index (χ0n) is 74.1. The Hall–Kier alpha value is -10.8. The quantitative estimate of drug-likeness (QED) is 0.148. The third-order valence-corrected chi connectivity index (χ3v) is 29.7. The third kappa shape index (κ3) is 14.8. The Bertz CT molecular complexity index is 7630. The smallest absolute Gasteiger partial charge is 0.200 e. The standard InChI is InChI=1S/C31H32NS.C29H28NS.C25H22NS.C24H20NS/c1-20-7-5-6-8-25(20)28-18-27-26-16-23-10-9-22(21-11-13-31(2,3)14-12-21)15-24(23)17-29(26)33-30(27)19-32(28)4;1-19-8-6-7-11-24(19)27-17-26-25-15-22-13-12-21(20-9-4-3-5-10-20)14-23(22)16-28(25)31-29(26)18-30(27)2;1-15-6-8-20(17(3)9-15)23-13-22-21-11-18-7-5-16(2)10-19(18)12-24(21)27-25(22)14-26(23)4;1-15-8-9-17-11-20-21-13-22(19-7-5-4-6-16(19)2)25(3)14-24(21)26-23(20)12-18(17)10-15/h5-10,15-19,21H,11-14H2,1-4H3;6-8,11-18,20H,3-5,9-10H2,1-2H3;5-14H,1-4H3;4-14H,1-3H3/q4*+1/i21D;20D;1D3;. The Labute approximate surface area is 710 Å². The first-order valence-electron chi connectivity index (χ1n) is 44.0. The van der Waals surface area contributed by atoms with Gasteiger partial charge in [-0.2, -0.15) is 18.3 Å². The Kier molecular flexibility index (Phi) is 18.6. The fraction of sp³-hybridized carbons (Fsp3) is 0.229. The number of pyridine rings is 4. The third-order valence-electron chi connectivity index (χ3n) is 25.3. The van der Waals surface area contributed by atoms with E-state index in [1.807, 2.05) is 58.3 Å². The van der Waals surface area contributed by atoms with Gasteiger partial charge in [0.25, 0.3) is 0 Å². The normalized spacial score (nSPS) is 15.3. The number of aromatic nitrogens is 4. The second kappa shape index (κ2) is 30.9. The van der Waals surface area contributed by atoms with Crippen LogP contribution in [0.5, 0.6) is 0 Å². The monoisotopic (exact) mass is 1600 g/mol. The van der Waals surface area contributed by atoms with Crippen LogP contribution in [0, 0.1) is 53.8 Å². The van der Waals surface area contributed by atoms with Crippen LogP contribution in [0.4, 0.5) is 0 Å². The number of rotatable bonds is 6. The summed E-state index contributed by atoms with van der Waals surface area (Å²) in [6.45, 7) is 15.4. The molecule has 0 amide bonds. The number of nitrogens with zero attached hydrogens (tertiary/aromatic N) is 4. The Morgan fingerprint density at radius 3 is 0.940 bits per heavy atom. The van der Waals surface area contributed by atoms with E-state index in [1.165, 1.54) is 216 Å². The van der Waals surface area contributed by atoms with Crippen LogP contribution in [0.25, 0.3) is 169 Å². The molecule has 8 heteroatoms. The lowest BCUT2D eigenvalue weighted by Crippen LogP contribution is -2.30. The van der Waals surface area contributed by atoms with Gasteiger partial charge in [0, 0.05) is 115 Å². The van der Waals surface area contributed by atoms with Crippen LogP contribution in [0.15, 0.2) is 261 Å². The van der Waals surface area contributed by atoms with Crippen LogP contribution in [-0.2, 0) is 28.2 Å². The Morgan fingerprint density at radius 2 is 0.598 bits per heavy atom. The largest absolute Gasteiger partial charge is 0.213 e. The Morgan fingerprint density at radius 1 is 0.291 bits per heavy atom. The zero-order valence-corrected chi connectivity index (χ0v) is 72.4. The van der Waals surface area contributed by atoms with Crippen LogP contribution >= 0.6 is 45.3 Å². The molecular weight excluding hydrogens is 1490 g/mol. The average Bonchev–Trinajstić information content (AvgIpc) is 1.46. The van der Waals surface area contributed by atoms with Crippen molar-refractivity contribution in [1.82, 2.24) is 0 Å². The van der Waals surface area contributed by atoms with Gasteiger partial charge in [0.2, 0.25) is 22.8 Å². The van der Waals surface area contributed by atoms with Gasteiger partial charge in [-0.3, -0.25) is 0 Å². The van der Waals surface area contributed by atoms with Crippen molar-refractivity contribution in [3.05, 3.63) is 311 Å². The molecule has 8 aromatic heterocycles. The molecule has 117 heavy (non-hydrogen) atoms. The highest BCUT2D eigenvalue weighted by molar-refractivity contribution is 7.27. The molecule has 8 heterocycles. The van der Waals surface area contributed by atoms with Crippen molar-refractivity contribution >= 4 is 169 Å². The number of aryl methyl sites for hydroxylation is 11. The maximum atomic E-state index is 9.21. The molecule has 22 rings (SSSR count). The van der Waals surface area contributed by atoms with Gasteiger partial charge in [0.1, 0.15) is 28.2 Å². The summed E-state index contributed by atoms with van der Waals surface area (Å²) in [5.41, 5.74) is 20.4. The molecule has 2 saturated carbocycles. The maximum absolute atomic E-state index is 9.21. The van der Waals surface area contributed by atoms with E-state index in [9.17, 15) is 1.37 Å². The zero-order chi connectivity index (χ0) is 84.6. The van der Waals surface area contributed by atoms with Crippen LogP contribution in [0.1, 0.15) is 140 Å². The van der Waals surface area contributed by atoms with Crippen LogP contribution < -0.4 is 18.3 Å². The van der Waals surface area contributed by atoms with Gasteiger partial charge < -0.3 is 0 Å². The summed E-state index contributed by atoms with van der Waals surface area (Å²) in [4.78, 5) is 0. The van der Waals surface area contributed by atoms with E-state index in [-0.39, 0.29) is 0 Å². The summed E-state index contributed by atoms with van der Waals surface area (Å²) in [5, 5.41) is 20.8. The minimum atomic E-state index is -2.08. The van der Waals surface area contributed by atoms with Crippen molar-refractivity contribution < 1.29 is 25.1 Å². The highest BCUT2D eigenvalue weighted by atomic mass is 32.1. The molecule has 0 unspecified atom stereocenters. The van der Waals surface area contributed by atoms with E-state index in [0.29, 0.717) is 11.0 Å². The predicted molar refractivity (Wildman–Crippen MR) is 508 cm³/mol. The molecule has 4 nitrogen and oxygen atoms in total. The summed E-state index contributed by atoms with van der Waals surface area (Å²) in [5.74, 6) is -0.854. The van der Waals surface area contributed by atoms with Gasteiger partial charge >= 0.3 is 0 Å². The van der Waals surface area contributed by atoms with E-state index < -0.39 is 18.6 Å². The van der Waals surface area contributed by atoms with Crippen molar-refractivity contribution in [3.63, 3.8) is 0 Å². The lowest BCUT2D eigenvalue weighted by atomic mass is 9.71. The summed E-state index contributed by atoms with van der Waals surface area (Å²) in [6, 6.07) is 86.1. The van der Waals surface area contributed by atoms with Crippen molar-refractivity contribution in [2.45, 2.75) is 132 Å². The molecule has 0 saturated heterocycles. The lowest BCUT2D eigenvalue weighted by molar-refractivity contribution is -0.659.